The Balaban J connectivity index is 1.67. The van der Waals surface area contributed by atoms with Crippen LogP contribution in [0.25, 0.3) is 0 Å². The van der Waals surface area contributed by atoms with E-state index in [1.54, 1.807) is 0 Å². The number of methoxy groups -OCH3 is 1. The third-order valence-electron chi connectivity index (χ3n) is 8.76. The molecule has 0 bridgehead atoms. The zero-order chi connectivity index (χ0) is 17.3. The molecule has 2 N–H and O–H groups in total. The number of ketones is 1. The minimum Gasteiger partial charge on any atom is -0.392 e. The SMILES string of the molecule is CO[C@@H]1CC[C@@]2(C)[C@@H](CC[C@H]3[C@@H]4[C@@H](O)CC(=O)[C@@]4(C)[C@H](O)C[C@@H]32)C1. The minimum atomic E-state index is -0.729. The van der Waals surface area contributed by atoms with Crippen LogP contribution in [0.3, 0.4) is 0 Å². The Kier molecular flexibility index (Phi) is 3.91. The van der Waals surface area contributed by atoms with Gasteiger partial charge in [0.2, 0.25) is 0 Å². The molecule has 4 rings (SSSR count). The van der Waals surface area contributed by atoms with Crippen molar-refractivity contribution in [2.75, 3.05) is 7.11 Å². The molecule has 0 radical (unpaired) electrons. The summed E-state index contributed by atoms with van der Waals surface area (Å²) in [4.78, 5) is 12.5. The lowest BCUT2D eigenvalue weighted by Crippen LogP contribution is -2.59. The average molecular weight is 336 g/mol. The van der Waals surface area contributed by atoms with Crippen LogP contribution in [0.2, 0.25) is 0 Å². The Bertz CT molecular complexity index is 534. The van der Waals surface area contributed by atoms with Crippen LogP contribution in [0.5, 0.6) is 0 Å². The first kappa shape index (κ1) is 17.0. The second-order valence-electron chi connectivity index (χ2n) is 9.44. The highest BCUT2D eigenvalue weighted by molar-refractivity contribution is 5.88. The van der Waals surface area contributed by atoms with Crippen LogP contribution >= 0.6 is 0 Å². The number of carbonyl (C=O) groups excluding carboxylic acids is 1. The van der Waals surface area contributed by atoms with Gasteiger partial charge in [0.1, 0.15) is 5.78 Å². The van der Waals surface area contributed by atoms with Gasteiger partial charge in [-0.25, -0.2) is 0 Å². The molecule has 0 spiro atoms. The van der Waals surface area contributed by atoms with Crippen LogP contribution in [0.1, 0.15) is 58.8 Å². The van der Waals surface area contributed by atoms with Gasteiger partial charge in [-0.3, -0.25) is 4.79 Å². The molecule has 0 heterocycles. The summed E-state index contributed by atoms with van der Waals surface area (Å²) in [6, 6.07) is 0. The fraction of sp³-hybridized carbons (Fsp3) is 0.950. The molecule has 0 amide bonds. The molecule has 9 atom stereocenters. The summed E-state index contributed by atoms with van der Waals surface area (Å²) in [7, 11) is 1.81. The van der Waals surface area contributed by atoms with E-state index in [2.05, 4.69) is 6.92 Å². The van der Waals surface area contributed by atoms with E-state index in [9.17, 15) is 15.0 Å². The Hall–Kier alpha value is -0.450. The third kappa shape index (κ3) is 2.05. The van der Waals surface area contributed by atoms with Crippen LogP contribution in [-0.2, 0) is 9.53 Å². The van der Waals surface area contributed by atoms with E-state index in [4.69, 9.17) is 4.74 Å². The van der Waals surface area contributed by atoms with Crippen molar-refractivity contribution >= 4 is 5.78 Å². The standard InChI is InChI=1S/C20H32O4/c1-19-7-6-12(24-3)8-11(19)4-5-13-14(19)9-16(22)20(2)17(23)10-15(21)18(13)20/h11-16,18,21-22H,4-10H2,1-3H3/t11-,12+,13+,14-,15-,16+,18+,19-,20+/m0/s1. The minimum absolute atomic E-state index is 0.0586. The number of aliphatic hydroxyl groups excluding tert-OH is 2. The molecular weight excluding hydrogens is 304 g/mol. The number of rotatable bonds is 1. The van der Waals surface area contributed by atoms with Crippen LogP contribution in [0.15, 0.2) is 0 Å². The largest absolute Gasteiger partial charge is 0.392 e. The number of aliphatic hydroxyl groups is 2. The van der Waals surface area contributed by atoms with Gasteiger partial charge in [0, 0.05) is 19.4 Å². The Morgan fingerprint density at radius 2 is 1.88 bits per heavy atom. The fourth-order valence-corrected chi connectivity index (χ4v) is 7.23. The van der Waals surface area contributed by atoms with Crippen molar-refractivity contribution in [1.82, 2.24) is 0 Å². The molecular formula is C20H32O4. The van der Waals surface area contributed by atoms with Crippen molar-refractivity contribution in [3.63, 3.8) is 0 Å². The van der Waals surface area contributed by atoms with Gasteiger partial charge in [0.15, 0.2) is 0 Å². The van der Waals surface area contributed by atoms with E-state index in [0.717, 1.165) is 32.1 Å². The maximum atomic E-state index is 12.5. The van der Waals surface area contributed by atoms with Crippen LogP contribution in [-0.4, -0.2) is 41.4 Å². The monoisotopic (exact) mass is 336 g/mol. The summed E-state index contributed by atoms with van der Waals surface area (Å²) in [5, 5.41) is 21.5. The van der Waals surface area contributed by atoms with E-state index in [1.807, 2.05) is 14.0 Å². The van der Waals surface area contributed by atoms with Gasteiger partial charge in [-0.2, -0.15) is 0 Å². The first-order valence-corrected chi connectivity index (χ1v) is 9.74. The summed E-state index contributed by atoms with van der Waals surface area (Å²) >= 11 is 0. The summed E-state index contributed by atoms with van der Waals surface area (Å²) in [5.41, 5.74) is -0.515. The molecule has 0 aliphatic heterocycles. The lowest BCUT2D eigenvalue weighted by Gasteiger charge is -2.61. The second-order valence-corrected chi connectivity index (χ2v) is 9.44. The number of carbonyl (C=O) groups is 1. The summed E-state index contributed by atoms with van der Waals surface area (Å²) in [6.07, 6.45) is 5.74. The molecule has 4 aliphatic rings. The summed E-state index contributed by atoms with van der Waals surface area (Å²) < 4.78 is 5.62. The van der Waals surface area contributed by atoms with Gasteiger partial charge in [0.05, 0.1) is 23.7 Å². The quantitative estimate of drug-likeness (QED) is 0.772. The first-order valence-electron chi connectivity index (χ1n) is 9.74. The normalized spacial score (nSPS) is 57.2. The smallest absolute Gasteiger partial charge is 0.144 e. The third-order valence-corrected chi connectivity index (χ3v) is 8.76. The number of hydrogen-bond donors (Lipinski definition) is 2. The predicted molar refractivity (Wildman–Crippen MR) is 90.3 cm³/mol. The Morgan fingerprint density at radius 1 is 1.12 bits per heavy atom. The van der Waals surface area contributed by atoms with Gasteiger partial charge in [0.25, 0.3) is 0 Å². The molecule has 24 heavy (non-hydrogen) atoms. The number of hydrogen-bond acceptors (Lipinski definition) is 4. The van der Waals surface area contributed by atoms with Gasteiger partial charge in [-0.15, -0.1) is 0 Å². The lowest BCUT2D eigenvalue weighted by molar-refractivity contribution is -0.179. The molecule has 136 valence electrons. The van der Waals surface area contributed by atoms with Gasteiger partial charge >= 0.3 is 0 Å². The highest BCUT2D eigenvalue weighted by atomic mass is 16.5. The highest BCUT2D eigenvalue weighted by Crippen LogP contribution is 2.65. The van der Waals surface area contributed by atoms with Gasteiger partial charge in [-0.05, 0) is 68.6 Å². The second kappa shape index (κ2) is 5.52. The van der Waals surface area contributed by atoms with E-state index in [-0.39, 0.29) is 23.5 Å². The van der Waals surface area contributed by atoms with Crippen LogP contribution < -0.4 is 0 Å². The van der Waals surface area contributed by atoms with Gasteiger partial charge in [-0.1, -0.05) is 6.92 Å². The van der Waals surface area contributed by atoms with E-state index >= 15 is 0 Å². The van der Waals surface area contributed by atoms with Crippen molar-refractivity contribution in [3.8, 4) is 0 Å². The predicted octanol–water partition coefficient (Wildman–Crippen LogP) is 2.55. The number of Topliss-reactive ketones (excluding diaryl/α,β-unsaturated/α-hetero) is 1. The molecule has 0 saturated heterocycles. The van der Waals surface area contributed by atoms with E-state index in [1.165, 1.54) is 6.42 Å². The molecule has 4 heteroatoms. The van der Waals surface area contributed by atoms with E-state index < -0.39 is 17.6 Å². The molecule has 0 aromatic carbocycles. The van der Waals surface area contributed by atoms with Crippen molar-refractivity contribution in [1.29, 1.82) is 0 Å². The van der Waals surface area contributed by atoms with Crippen molar-refractivity contribution in [2.45, 2.75) is 77.1 Å². The van der Waals surface area contributed by atoms with Gasteiger partial charge < -0.3 is 14.9 Å². The van der Waals surface area contributed by atoms with Crippen LogP contribution in [0.4, 0.5) is 0 Å². The Morgan fingerprint density at radius 3 is 2.58 bits per heavy atom. The topological polar surface area (TPSA) is 66.8 Å². The molecule has 0 aromatic rings. The lowest BCUT2D eigenvalue weighted by atomic mass is 9.44. The maximum Gasteiger partial charge on any atom is 0.144 e. The molecule has 0 aromatic heterocycles. The first-order chi connectivity index (χ1) is 11.3. The molecule has 4 aliphatic carbocycles. The average Bonchev–Trinajstić information content (AvgIpc) is 2.79. The van der Waals surface area contributed by atoms with Crippen LogP contribution in [0, 0.1) is 34.5 Å². The van der Waals surface area contributed by atoms with Crippen molar-refractivity contribution in [2.24, 2.45) is 34.5 Å². The molecule has 0 unspecified atom stereocenters. The number of fused-ring (bicyclic) bond motifs is 5. The summed E-state index contributed by atoms with van der Waals surface area (Å²) in [5.74, 6) is 1.45. The Labute approximate surface area is 145 Å². The maximum absolute atomic E-state index is 12.5. The van der Waals surface area contributed by atoms with Crippen molar-refractivity contribution in [3.05, 3.63) is 0 Å². The molecule has 4 saturated carbocycles. The molecule has 4 nitrogen and oxygen atoms in total. The van der Waals surface area contributed by atoms with Crippen molar-refractivity contribution < 1.29 is 19.7 Å². The zero-order valence-electron chi connectivity index (χ0n) is 15.2. The molecule has 4 fully saturated rings. The fourth-order valence-electron chi connectivity index (χ4n) is 7.23. The zero-order valence-corrected chi connectivity index (χ0v) is 15.2. The number of ether oxygens (including phenoxy) is 1. The van der Waals surface area contributed by atoms with E-state index in [0.29, 0.717) is 23.9 Å². The summed E-state index contributed by atoms with van der Waals surface area (Å²) in [6.45, 7) is 4.31. The highest BCUT2D eigenvalue weighted by Gasteiger charge is 2.66.